The number of fused-ring (bicyclic) bond motifs is 2. The maximum absolute atomic E-state index is 13.3. The zero-order valence-electron chi connectivity index (χ0n) is 24.0. The minimum absolute atomic E-state index is 0.0632. The lowest BCUT2D eigenvalue weighted by molar-refractivity contribution is -0.145. The second kappa shape index (κ2) is 9.00. The summed E-state index contributed by atoms with van der Waals surface area (Å²) in [5, 5.41) is 1.28. The Kier molecular flexibility index (Phi) is 6.85. The highest BCUT2D eigenvalue weighted by atomic mass is 28.4. The van der Waals surface area contributed by atoms with Crippen LogP contribution in [0.4, 0.5) is 0 Å². The minimum atomic E-state index is -2.13. The quantitative estimate of drug-likeness (QED) is 0.408. The Morgan fingerprint density at radius 1 is 0.972 bits per heavy atom. The molecule has 200 valence electrons. The highest BCUT2D eigenvalue weighted by molar-refractivity contribution is 6.84. The van der Waals surface area contributed by atoms with Crippen LogP contribution in [0.2, 0.25) is 37.8 Å². The SMILES string of the molecule is COc1cc2c(c(OC)c1OC)[C@@]13CCC(=O)[C@@H](O1)C([Si](C)(C)C)=C3[C@H](O[Si](C)(C)C(C)(C)C)CC2. The summed E-state index contributed by atoms with van der Waals surface area (Å²) in [6.07, 6.45) is 2.07. The van der Waals surface area contributed by atoms with E-state index in [1.165, 1.54) is 10.8 Å². The van der Waals surface area contributed by atoms with Gasteiger partial charge in [0, 0.05) is 12.0 Å². The van der Waals surface area contributed by atoms with Crippen LogP contribution in [0.25, 0.3) is 0 Å². The van der Waals surface area contributed by atoms with E-state index in [2.05, 4.69) is 59.6 Å². The fourth-order valence-corrected chi connectivity index (χ4v) is 9.49. The number of rotatable bonds is 6. The molecule has 2 heterocycles. The molecule has 2 bridgehead atoms. The highest BCUT2D eigenvalue weighted by Gasteiger charge is 2.61. The Morgan fingerprint density at radius 2 is 1.61 bits per heavy atom. The molecule has 3 aliphatic rings. The van der Waals surface area contributed by atoms with Crippen molar-refractivity contribution in [3.63, 3.8) is 0 Å². The second-order valence-corrected chi connectivity index (χ2v) is 22.7. The average Bonchev–Trinajstić information content (AvgIpc) is 3.02. The van der Waals surface area contributed by atoms with Gasteiger partial charge in [0.2, 0.25) is 5.75 Å². The predicted octanol–water partition coefficient (Wildman–Crippen LogP) is 6.18. The number of methoxy groups -OCH3 is 3. The molecule has 1 aliphatic carbocycles. The first-order chi connectivity index (χ1) is 16.6. The van der Waals surface area contributed by atoms with Crippen LogP contribution < -0.4 is 14.2 Å². The van der Waals surface area contributed by atoms with Crippen molar-refractivity contribution >= 4 is 22.2 Å². The number of ketones is 1. The predicted molar refractivity (Wildman–Crippen MR) is 148 cm³/mol. The van der Waals surface area contributed by atoms with Gasteiger partial charge in [-0.05, 0) is 59.8 Å². The van der Waals surface area contributed by atoms with Crippen molar-refractivity contribution in [2.24, 2.45) is 0 Å². The monoisotopic (exact) mass is 532 g/mol. The van der Waals surface area contributed by atoms with Crippen LogP contribution in [-0.2, 0) is 26.0 Å². The third-order valence-electron chi connectivity index (χ3n) is 8.69. The van der Waals surface area contributed by atoms with Crippen molar-refractivity contribution in [1.29, 1.82) is 0 Å². The van der Waals surface area contributed by atoms with Crippen LogP contribution in [-0.4, -0.2) is 55.7 Å². The molecule has 2 aliphatic heterocycles. The number of hydrogen-bond donors (Lipinski definition) is 0. The standard InChI is InChI=1S/C28H44O6Si2/c1-27(2,3)36(10,11)34-19-13-12-17-16-20(30-4)24(31-5)25(32-6)21(17)28-15-14-18(29)23(33-28)26(22(19)28)35(7,8)9/h16,19,23H,12-15H2,1-11H3/t19-,23-,28-/m1/s1. The highest BCUT2D eigenvalue weighted by Crippen LogP contribution is 2.61. The van der Waals surface area contributed by atoms with E-state index in [-0.39, 0.29) is 16.9 Å². The summed E-state index contributed by atoms with van der Waals surface area (Å²) in [7, 11) is 0.865. The van der Waals surface area contributed by atoms with E-state index in [1.807, 2.05) is 0 Å². The lowest BCUT2D eigenvalue weighted by Crippen LogP contribution is -2.47. The summed E-state index contributed by atoms with van der Waals surface area (Å²) in [6, 6.07) is 2.07. The number of carbonyl (C=O) groups is 1. The van der Waals surface area contributed by atoms with Gasteiger partial charge in [0.05, 0.1) is 35.5 Å². The Morgan fingerprint density at radius 3 is 2.14 bits per heavy atom. The molecule has 0 radical (unpaired) electrons. The van der Waals surface area contributed by atoms with Crippen LogP contribution >= 0.6 is 0 Å². The molecule has 0 unspecified atom stereocenters. The molecule has 1 fully saturated rings. The van der Waals surface area contributed by atoms with Crippen LogP contribution in [0.5, 0.6) is 17.2 Å². The molecule has 0 amide bonds. The molecule has 0 aromatic heterocycles. The number of aryl methyl sites for hydroxylation is 1. The van der Waals surface area contributed by atoms with E-state index in [4.69, 9.17) is 23.4 Å². The summed E-state index contributed by atoms with van der Waals surface area (Å²) in [6.45, 7) is 18.4. The van der Waals surface area contributed by atoms with Crippen LogP contribution in [0.15, 0.2) is 16.8 Å². The third kappa shape index (κ3) is 4.08. The zero-order chi connectivity index (χ0) is 26.8. The summed E-state index contributed by atoms with van der Waals surface area (Å²) >= 11 is 0. The van der Waals surface area contributed by atoms with E-state index >= 15 is 0 Å². The molecule has 1 spiro atoms. The zero-order valence-corrected chi connectivity index (χ0v) is 26.0. The maximum atomic E-state index is 13.3. The van der Waals surface area contributed by atoms with Gasteiger partial charge in [0.25, 0.3) is 0 Å². The molecule has 1 saturated heterocycles. The van der Waals surface area contributed by atoms with Gasteiger partial charge in [-0.25, -0.2) is 0 Å². The number of ether oxygens (including phenoxy) is 4. The summed E-state index contributed by atoms with van der Waals surface area (Å²) in [4.78, 5) is 13.3. The Labute approximate surface area is 218 Å². The fourth-order valence-electron chi connectivity index (χ4n) is 6.01. The van der Waals surface area contributed by atoms with E-state index in [9.17, 15) is 4.79 Å². The van der Waals surface area contributed by atoms with Crippen molar-refractivity contribution in [2.75, 3.05) is 21.3 Å². The van der Waals surface area contributed by atoms with Gasteiger partial charge in [0.1, 0.15) is 11.7 Å². The molecular formula is C28H44O6Si2. The summed E-state index contributed by atoms with van der Waals surface area (Å²) < 4.78 is 31.8. The molecular weight excluding hydrogens is 488 g/mol. The van der Waals surface area contributed by atoms with Crippen molar-refractivity contribution in [3.05, 3.63) is 28.0 Å². The van der Waals surface area contributed by atoms with Crippen molar-refractivity contribution in [2.45, 2.75) is 102 Å². The molecule has 1 aromatic rings. The van der Waals surface area contributed by atoms with Gasteiger partial charge >= 0.3 is 0 Å². The Balaban J connectivity index is 2.07. The normalized spacial score (nSPS) is 26.4. The Bertz CT molecular complexity index is 1090. The maximum Gasteiger partial charge on any atom is 0.203 e. The topological polar surface area (TPSA) is 63.2 Å². The first-order valence-electron chi connectivity index (χ1n) is 13.1. The summed E-state index contributed by atoms with van der Waals surface area (Å²) in [5.74, 6) is 2.04. The molecule has 36 heavy (non-hydrogen) atoms. The second-order valence-electron chi connectivity index (χ2n) is 13.0. The lowest BCUT2D eigenvalue weighted by Gasteiger charge is -2.43. The van der Waals surface area contributed by atoms with Crippen LogP contribution in [0.1, 0.15) is 51.2 Å². The first-order valence-corrected chi connectivity index (χ1v) is 19.5. The van der Waals surface area contributed by atoms with Gasteiger partial charge in [-0.2, -0.15) is 0 Å². The van der Waals surface area contributed by atoms with Crippen molar-refractivity contribution in [3.8, 4) is 17.2 Å². The van der Waals surface area contributed by atoms with E-state index < -0.39 is 28.1 Å². The largest absolute Gasteiger partial charge is 0.493 e. The van der Waals surface area contributed by atoms with E-state index in [1.54, 1.807) is 21.3 Å². The molecule has 6 nitrogen and oxygen atoms in total. The molecule has 8 heteroatoms. The molecule has 0 N–H and O–H groups in total. The summed E-state index contributed by atoms with van der Waals surface area (Å²) in [5.41, 5.74) is 2.54. The van der Waals surface area contributed by atoms with Crippen molar-refractivity contribution in [1.82, 2.24) is 0 Å². The van der Waals surface area contributed by atoms with Crippen LogP contribution in [0, 0.1) is 0 Å². The van der Waals surface area contributed by atoms with Crippen molar-refractivity contribution < 1.29 is 28.2 Å². The fraction of sp³-hybridized carbons (Fsp3) is 0.679. The molecule has 1 aromatic carbocycles. The van der Waals surface area contributed by atoms with E-state index in [0.29, 0.717) is 30.1 Å². The van der Waals surface area contributed by atoms with E-state index in [0.717, 1.165) is 24.0 Å². The molecule has 0 saturated carbocycles. The molecule has 3 atom stereocenters. The van der Waals surface area contributed by atoms with Gasteiger partial charge in [0.15, 0.2) is 25.6 Å². The first kappa shape index (κ1) is 27.4. The number of benzene rings is 1. The molecule has 4 rings (SSSR count). The minimum Gasteiger partial charge on any atom is -0.493 e. The van der Waals surface area contributed by atoms with Gasteiger partial charge in [-0.1, -0.05) is 40.4 Å². The van der Waals surface area contributed by atoms with Gasteiger partial charge in [-0.3, -0.25) is 4.79 Å². The van der Waals surface area contributed by atoms with Crippen LogP contribution in [0.3, 0.4) is 0 Å². The number of carbonyl (C=O) groups excluding carboxylic acids is 1. The lowest BCUT2D eigenvalue weighted by atomic mass is 9.79. The third-order valence-corrected chi connectivity index (χ3v) is 15.3. The smallest absolute Gasteiger partial charge is 0.203 e. The van der Waals surface area contributed by atoms with Gasteiger partial charge in [-0.15, -0.1) is 0 Å². The number of Topliss-reactive ketones (excluding diaryl/α,β-unsaturated/α-hetero) is 1. The Hall–Kier alpha value is -1.62. The average molecular weight is 533 g/mol. The number of hydrogen-bond acceptors (Lipinski definition) is 6. The van der Waals surface area contributed by atoms with Gasteiger partial charge < -0.3 is 23.4 Å².